The zero-order valence-electron chi connectivity index (χ0n) is 14.0. The zero-order chi connectivity index (χ0) is 16.9. The standard InChI is InChI=1S/C17H24FN5O/c1-22(17(24)19-7-4-10-23-8-2-3-9-23)12-16-20-14-6-5-13(18)11-15(14)21-16/h5-6,11H,2-4,7-10,12H2,1H3,(H,19,24)(H,20,21). The van der Waals surface area contributed by atoms with Crippen molar-refractivity contribution in [3.63, 3.8) is 0 Å². The molecule has 2 aromatic rings. The van der Waals surface area contributed by atoms with Gasteiger partial charge >= 0.3 is 6.03 Å². The fraction of sp³-hybridized carbons (Fsp3) is 0.529. The van der Waals surface area contributed by atoms with Crippen LogP contribution in [-0.4, -0.2) is 59.0 Å². The number of aromatic amines is 1. The largest absolute Gasteiger partial charge is 0.340 e. The molecule has 6 nitrogen and oxygen atoms in total. The van der Waals surface area contributed by atoms with E-state index in [4.69, 9.17) is 0 Å². The SMILES string of the molecule is CN(Cc1nc2ccc(F)cc2[nH]1)C(=O)NCCCN1CCCC1. The third-order valence-electron chi connectivity index (χ3n) is 4.35. The second kappa shape index (κ2) is 7.61. The van der Waals surface area contributed by atoms with E-state index in [-0.39, 0.29) is 11.8 Å². The molecule has 0 saturated carbocycles. The number of benzene rings is 1. The van der Waals surface area contributed by atoms with E-state index in [2.05, 4.69) is 20.2 Å². The summed E-state index contributed by atoms with van der Waals surface area (Å²) in [5.74, 6) is 0.340. The minimum atomic E-state index is -0.304. The van der Waals surface area contributed by atoms with Crippen LogP contribution in [0.3, 0.4) is 0 Å². The Kier molecular flexibility index (Phi) is 5.30. The van der Waals surface area contributed by atoms with Gasteiger partial charge in [0.1, 0.15) is 11.6 Å². The van der Waals surface area contributed by atoms with Crippen molar-refractivity contribution in [3.05, 3.63) is 29.8 Å². The monoisotopic (exact) mass is 333 g/mol. The molecular formula is C17H24FN5O. The maximum atomic E-state index is 13.2. The highest BCUT2D eigenvalue weighted by atomic mass is 19.1. The van der Waals surface area contributed by atoms with Crippen LogP contribution in [0.15, 0.2) is 18.2 Å². The number of hydrogen-bond acceptors (Lipinski definition) is 3. The third-order valence-corrected chi connectivity index (χ3v) is 4.35. The van der Waals surface area contributed by atoms with Crippen molar-refractivity contribution in [2.45, 2.75) is 25.8 Å². The summed E-state index contributed by atoms with van der Waals surface area (Å²) in [7, 11) is 1.73. The van der Waals surface area contributed by atoms with Crippen LogP contribution in [0.25, 0.3) is 11.0 Å². The predicted molar refractivity (Wildman–Crippen MR) is 91.2 cm³/mol. The number of rotatable bonds is 6. The van der Waals surface area contributed by atoms with E-state index < -0.39 is 0 Å². The van der Waals surface area contributed by atoms with Crippen molar-refractivity contribution in [1.82, 2.24) is 25.1 Å². The van der Waals surface area contributed by atoms with Gasteiger partial charge in [0.05, 0.1) is 17.6 Å². The highest BCUT2D eigenvalue weighted by Crippen LogP contribution is 2.13. The van der Waals surface area contributed by atoms with Gasteiger partial charge in [0, 0.05) is 13.6 Å². The molecule has 24 heavy (non-hydrogen) atoms. The minimum Gasteiger partial charge on any atom is -0.340 e. The highest BCUT2D eigenvalue weighted by molar-refractivity contribution is 5.76. The molecule has 0 aliphatic carbocycles. The lowest BCUT2D eigenvalue weighted by Crippen LogP contribution is -2.38. The number of nitrogens with one attached hydrogen (secondary N) is 2. The van der Waals surface area contributed by atoms with Crippen molar-refractivity contribution in [2.75, 3.05) is 33.2 Å². The van der Waals surface area contributed by atoms with Crippen LogP contribution in [0, 0.1) is 5.82 Å². The first-order chi connectivity index (χ1) is 11.6. The van der Waals surface area contributed by atoms with Gasteiger partial charge in [-0.1, -0.05) is 0 Å². The summed E-state index contributed by atoms with van der Waals surface area (Å²) in [6.07, 6.45) is 3.54. The number of carbonyl (C=O) groups excluding carboxylic acids is 1. The molecule has 1 aliphatic rings. The average Bonchev–Trinajstić information content (AvgIpc) is 3.19. The first-order valence-electron chi connectivity index (χ1n) is 8.47. The normalized spacial score (nSPS) is 15.1. The van der Waals surface area contributed by atoms with Crippen molar-refractivity contribution in [2.24, 2.45) is 0 Å². The smallest absolute Gasteiger partial charge is 0.317 e. The van der Waals surface area contributed by atoms with Gasteiger partial charge in [-0.2, -0.15) is 0 Å². The molecule has 1 fully saturated rings. The molecule has 130 valence electrons. The molecule has 2 N–H and O–H groups in total. The van der Waals surface area contributed by atoms with Crippen LogP contribution < -0.4 is 5.32 Å². The molecular weight excluding hydrogens is 309 g/mol. The fourth-order valence-corrected chi connectivity index (χ4v) is 3.05. The molecule has 3 rings (SSSR count). The topological polar surface area (TPSA) is 64.3 Å². The Balaban J connectivity index is 1.44. The summed E-state index contributed by atoms with van der Waals surface area (Å²) in [6.45, 7) is 4.43. The van der Waals surface area contributed by atoms with Crippen LogP contribution in [0.4, 0.5) is 9.18 Å². The first-order valence-corrected chi connectivity index (χ1v) is 8.47. The first kappa shape index (κ1) is 16.7. The van der Waals surface area contributed by atoms with E-state index in [1.807, 2.05) is 0 Å². The van der Waals surface area contributed by atoms with Crippen LogP contribution in [-0.2, 0) is 6.54 Å². The second-order valence-corrected chi connectivity index (χ2v) is 6.34. The maximum Gasteiger partial charge on any atom is 0.317 e. The van der Waals surface area contributed by atoms with E-state index in [1.165, 1.54) is 38.1 Å². The molecule has 1 saturated heterocycles. The molecule has 7 heteroatoms. The van der Waals surface area contributed by atoms with Gasteiger partial charge in [0.15, 0.2) is 0 Å². The summed E-state index contributed by atoms with van der Waals surface area (Å²) < 4.78 is 13.2. The lowest BCUT2D eigenvalue weighted by Gasteiger charge is -2.18. The van der Waals surface area contributed by atoms with Crippen LogP contribution >= 0.6 is 0 Å². The maximum absolute atomic E-state index is 13.2. The quantitative estimate of drug-likeness (QED) is 0.798. The van der Waals surface area contributed by atoms with Crippen molar-refractivity contribution in [3.8, 4) is 0 Å². The van der Waals surface area contributed by atoms with Crippen molar-refractivity contribution < 1.29 is 9.18 Å². The summed E-state index contributed by atoms with van der Waals surface area (Å²) in [5, 5.41) is 2.93. The minimum absolute atomic E-state index is 0.122. The Labute approximate surface area is 141 Å². The van der Waals surface area contributed by atoms with E-state index in [1.54, 1.807) is 18.0 Å². The number of fused-ring (bicyclic) bond motifs is 1. The Bertz CT molecular complexity index is 695. The molecule has 1 aromatic heterocycles. The number of hydrogen-bond donors (Lipinski definition) is 2. The molecule has 0 spiro atoms. The summed E-state index contributed by atoms with van der Waals surface area (Å²) in [4.78, 5) is 23.5. The Morgan fingerprint density at radius 2 is 2.21 bits per heavy atom. The van der Waals surface area contributed by atoms with Gasteiger partial charge in [0.2, 0.25) is 0 Å². The predicted octanol–water partition coefficient (Wildman–Crippen LogP) is 2.33. The van der Waals surface area contributed by atoms with Crippen LogP contribution in [0.2, 0.25) is 0 Å². The van der Waals surface area contributed by atoms with Crippen molar-refractivity contribution >= 4 is 17.1 Å². The van der Waals surface area contributed by atoms with Gasteiger partial charge < -0.3 is 20.1 Å². The van der Waals surface area contributed by atoms with Gasteiger partial charge in [-0.15, -0.1) is 0 Å². The fourth-order valence-electron chi connectivity index (χ4n) is 3.05. The van der Waals surface area contributed by atoms with Gasteiger partial charge in [0.25, 0.3) is 0 Å². The number of amides is 2. The number of carbonyl (C=O) groups is 1. The zero-order valence-corrected chi connectivity index (χ0v) is 14.0. The average molecular weight is 333 g/mol. The molecule has 0 unspecified atom stereocenters. The van der Waals surface area contributed by atoms with Gasteiger partial charge in [-0.25, -0.2) is 14.2 Å². The summed E-state index contributed by atoms with van der Waals surface area (Å²) in [6, 6.07) is 4.29. The van der Waals surface area contributed by atoms with Crippen LogP contribution in [0.5, 0.6) is 0 Å². The number of nitrogens with zero attached hydrogens (tertiary/aromatic N) is 3. The molecule has 0 atom stereocenters. The van der Waals surface area contributed by atoms with E-state index in [0.717, 1.165) is 13.0 Å². The lowest BCUT2D eigenvalue weighted by molar-refractivity contribution is 0.205. The molecule has 1 aliphatic heterocycles. The number of H-pyrrole nitrogens is 1. The molecule has 1 aromatic carbocycles. The number of imidazole rings is 1. The lowest BCUT2D eigenvalue weighted by atomic mass is 10.3. The Hall–Kier alpha value is -2.15. The highest BCUT2D eigenvalue weighted by Gasteiger charge is 2.13. The van der Waals surface area contributed by atoms with E-state index in [9.17, 15) is 9.18 Å². The van der Waals surface area contributed by atoms with E-state index in [0.29, 0.717) is 29.9 Å². The Morgan fingerprint density at radius 1 is 1.42 bits per heavy atom. The van der Waals surface area contributed by atoms with Gasteiger partial charge in [-0.05, 0) is 57.1 Å². The molecule has 0 bridgehead atoms. The number of aromatic nitrogens is 2. The number of urea groups is 1. The van der Waals surface area contributed by atoms with Crippen molar-refractivity contribution in [1.29, 1.82) is 0 Å². The second-order valence-electron chi connectivity index (χ2n) is 6.34. The molecule has 0 radical (unpaired) electrons. The summed E-state index contributed by atoms with van der Waals surface area (Å²) in [5.41, 5.74) is 1.34. The third kappa shape index (κ3) is 4.23. The van der Waals surface area contributed by atoms with E-state index >= 15 is 0 Å². The summed E-state index contributed by atoms with van der Waals surface area (Å²) >= 11 is 0. The Morgan fingerprint density at radius 3 is 3.00 bits per heavy atom. The molecule has 2 amide bonds. The van der Waals surface area contributed by atoms with Crippen LogP contribution in [0.1, 0.15) is 25.1 Å². The number of likely N-dealkylation sites (tertiary alicyclic amines) is 1. The van der Waals surface area contributed by atoms with Gasteiger partial charge in [-0.3, -0.25) is 0 Å². The molecule has 2 heterocycles. The number of halogens is 1.